The van der Waals surface area contributed by atoms with E-state index in [1.165, 1.54) is 11.3 Å². The maximum atomic E-state index is 12.9. The number of fused-ring (bicyclic) bond motifs is 1. The van der Waals surface area contributed by atoms with Crippen molar-refractivity contribution in [1.82, 2.24) is 14.7 Å². The molecule has 6 nitrogen and oxygen atoms in total. The largest absolute Gasteiger partial charge is 0.492 e. The van der Waals surface area contributed by atoms with E-state index in [2.05, 4.69) is 23.4 Å². The zero-order valence-electron chi connectivity index (χ0n) is 18.2. The summed E-state index contributed by atoms with van der Waals surface area (Å²) in [5, 5.41) is 5.00. The molecule has 1 aromatic carbocycles. The van der Waals surface area contributed by atoms with Crippen molar-refractivity contribution in [3.63, 3.8) is 0 Å². The van der Waals surface area contributed by atoms with Gasteiger partial charge in [-0.1, -0.05) is 32.0 Å². The summed E-state index contributed by atoms with van der Waals surface area (Å²) in [6, 6.07) is 9.96. The minimum atomic E-state index is 0.0800. The number of ether oxygens (including phenoxy) is 2. The van der Waals surface area contributed by atoms with Crippen LogP contribution in [-0.4, -0.2) is 40.3 Å². The molecule has 162 valence electrons. The molecule has 2 aliphatic heterocycles. The molecule has 1 aromatic heterocycles. The van der Waals surface area contributed by atoms with Crippen LogP contribution in [0.3, 0.4) is 0 Å². The maximum Gasteiger partial charge on any atom is 0.223 e. The highest BCUT2D eigenvalue weighted by atomic mass is 16.5. The fourth-order valence-corrected chi connectivity index (χ4v) is 4.46. The Morgan fingerprint density at radius 3 is 2.93 bits per heavy atom. The van der Waals surface area contributed by atoms with Crippen LogP contribution in [0.25, 0.3) is 0 Å². The Balaban J connectivity index is 1.49. The van der Waals surface area contributed by atoms with Crippen LogP contribution in [-0.2, 0) is 29.1 Å². The van der Waals surface area contributed by atoms with Crippen LogP contribution in [0.2, 0.25) is 0 Å². The number of benzene rings is 1. The number of carbonyl (C=O) groups is 1. The minimum absolute atomic E-state index is 0.0800. The monoisotopic (exact) mass is 411 g/mol. The second-order valence-electron chi connectivity index (χ2n) is 8.68. The zero-order valence-corrected chi connectivity index (χ0v) is 18.2. The van der Waals surface area contributed by atoms with E-state index >= 15 is 0 Å². The fourth-order valence-electron chi connectivity index (χ4n) is 4.46. The highest BCUT2D eigenvalue weighted by Gasteiger charge is 2.35. The number of hydrogen-bond donors (Lipinski definition) is 0. The number of carbonyl (C=O) groups excluding carboxylic acids is 1. The van der Waals surface area contributed by atoms with Gasteiger partial charge in [-0.15, -0.1) is 0 Å². The van der Waals surface area contributed by atoms with Crippen molar-refractivity contribution in [3.05, 3.63) is 47.3 Å². The first-order valence-electron chi connectivity index (χ1n) is 11.3. The average Bonchev–Trinajstić information content (AvgIpc) is 3.38. The van der Waals surface area contributed by atoms with Gasteiger partial charge in [0.2, 0.25) is 5.91 Å². The van der Waals surface area contributed by atoms with Gasteiger partial charge in [-0.25, -0.2) is 0 Å². The summed E-state index contributed by atoms with van der Waals surface area (Å²) in [7, 11) is 0. The molecule has 1 atom stereocenters. The quantitative estimate of drug-likeness (QED) is 0.655. The van der Waals surface area contributed by atoms with Crippen molar-refractivity contribution >= 4 is 5.91 Å². The lowest BCUT2D eigenvalue weighted by Crippen LogP contribution is -2.31. The second kappa shape index (κ2) is 9.65. The number of nitrogens with zero attached hydrogens (tertiary/aromatic N) is 3. The number of amides is 1. The van der Waals surface area contributed by atoms with Crippen molar-refractivity contribution in [2.24, 2.45) is 5.92 Å². The Hall–Kier alpha value is -2.34. The first-order valence-corrected chi connectivity index (χ1v) is 11.3. The molecule has 0 bridgehead atoms. The molecule has 1 fully saturated rings. The normalized spacial score (nSPS) is 18.6. The highest BCUT2D eigenvalue weighted by Crippen LogP contribution is 2.36. The zero-order chi connectivity index (χ0) is 20.9. The van der Waals surface area contributed by atoms with Crippen LogP contribution in [0, 0.1) is 5.92 Å². The molecular weight excluding hydrogens is 378 g/mol. The second-order valence-corrected chi connectivity index (χ2v) is 8.68. The molecule has 0 saturated carbocycles. The van der Waals surface area contributed by atoms with Crippen LogP contribution in [0.4, 0.5) is 0 Å². The van der Waals surface area contributed by atoms with Crippen LogP contribution in [0.5, 0.6) is 5.75 Å². The van der Waals surface area contributed by atoms with Crippen LogP contribution >= 0.6 is 0 Å². The molecular formula is C24H33N3O3. The van der Waals surface area contributed by atoms with Crippen molar-refractivity contribution in [2.45, 2.75) is 65.1 Å². The van der Waals surface area contributed by atoms with Gasteiger partial charge < -0.3 is 14.4 Å². The molecule has 1 unspecified atom stereocenters. The molecule has 3 heterocycles. The average molecular weight is 412 g/mol. The summed E-state index contributed by atoms with van der Waals surface area (Å²) < 4.78 is 13.8. The Morgan fingerprint density at radius 1 is 1.30 bits per heavy atom. The Morgan fingerprint density at radius 2 is 2.13 bits per heavy atom. The summed E-state index contributed by atoms with van der Waals surface area (Å²) in [5.74, 6) is 1.68. The number of rotatable bonds is 8. The molecule has 0 radical (unpaired) electrons. The van der Waals surface area contributed by atoms with E-state index in [9.17, 15) is 4.79 Å². The number of para-hydroxylation sites is 1. The van der Waals surface area contributed by atoms with Crippen LogP contribution in [0.1, 0.15) is 62.5 Å². The van der Waals surface area contributed by atoms with Gasteiger partial charge in [0.25, 0.3) is 0 Å². The summed E-state index contributed by atoms with van der Waals surface area (Å²) in [6.07, 6.45) is 4.45. The predicted molar refractivity (Wildman–Crippen MR) is 115 cm³/mol. The molecule has 4 rings (SSSR count). The van der Waals surface area contributed by atoms with E-state index in [4.69, 9.17) is 14.6 Å². The molecule has 1 saturated heterocycles. The van der Waals surface area contributed by atoms with Gasteiger partial charge in [0.15, 0.2) is 0 Å². The molecule has 0 N–H and O–H groups in total. The van der Waals surface area contributed by atoms with Gasteiger partial charge in [-0.2, -0.15) is 5.10 Å². The standard InChI is InChI=1S/C24H33N3O3/c1-18(2)10-11-23(28)26-13-6-9-22(26)24-20-17-29-15-12-21(20)27(25-24)14-16-30-19-7-4-3-5-8-19/h3-5,7-8,18,22H,6,9-17H2,1-2H3. The first kappa shape index (κ1) is 20.9. The lowest BCUT2D eigenvalue weighted by atomic mass is 10.0. The summed E-state index contributed by atoms with van der Waals surface area (Å²) in [5.41, 5.74) is 3.48. The van der Waals surface area contributed by atoms with E-state index in [0.717, 1.165) is 50.3 Å². The first-order chi connectivity index (χ1) is 14.6. The Bertz CT molecular complexity index is 847. The van der Waals surface area contributed by atoms with Crippen LogP contribution in [0.15, 0.2) is 30.3 Å². The van der Waals surface area contributed by atoms with E-state index in [-0.39, 0.29) is 11.9 Å². The number of likely N-dealkylation sites (tertiary alicyclic amines) is 1. The Labute approximate surface area is 179 Å². The predicted octanol–water partition coefficient (Wildman–Crippen LogP) is 4.13. The number of aromatic nitrogens is 2. The smallest absolute Gasteiger partial charge is 0.223 e. The molecule has 2 aromatic rings. The molecule has 0 aliphatic carbocycles. The molecule has 2 aliphatic rings. The van der Waals surface area contributed by atoms with E-state index in [1.807, 2.05) is 30.3 Å². The molecule has 30 heavy (non-hydrogen) atoms. The van der Waals surface area contributed by atoms with Crippen molar-refractivity contribution in [1.29, 1.82) is 0 Å². The summed E-state index contributed by atoms with van der Waals surface area (Å²) in [6.45, 7) is 7.75. The van der Waals surface area contributed by atoms with Gasteiger partial charge in [-0.3, -0.25) is 9.48 Å². The van der Waals surface area contributed by atoms with E-state index in [0.29, 0.717) is 32.1 Å². The SMILES string of the molecule is CC(C)CCC(=O)N1CCCC1c1nn(CCOc2ccccc2)c2c1COCC2. The van der Waals surface area contributed by atoms with Gasteiger partial charge in [0.1, 0.15) is 12.4 Å². The molecule has 6 heteroatoms. The Kier molecular flexibility index (Phi) is 6.72. The van der Waals surface area contributed by atoms with Crippen molar-refractivity contribution in [3.8, 4) is 5.75 Å². The minimum Gasteiger partial charge on any atom is -0.492 e. The van der Waals surface area contributed by atoms with Crippen molar-refractivity contribution < 1.29 is 14.3 Å². The van der Waals surface area contributed by atoms with Crippen LogP contribution < -0.4 is 4.74 Å². The maximum absolute atomic E-state index is 12.9. The third kappa shape index (κ3) is 4.69. The molecule has 0 spiro atoms. The fraction of sp³-hybridized carbons (Fsp3) is 0.583. The topological polar surface area (TPSA) is 56.6 Å². The lowest BCUT2D eigenvalue weighted by Gasteiger charge is -2.25. The van der Waals surface area contributed by atoms with E-state index < -0.39 is 0 Å². The molecule has 1 amide bonds. The van der Waals surface area contributed by atoms with Gasteiger partial charge >= 0.3 is 0 Å². The van der Waals surface area contributed by atoms with E-state index in [1.54, 1.807) is 0 Å². The van der Waals surface area contributed by atoms with Crippen molar-refractivity contribution in [2.75, 3.05) is 19.8 Å². The van der Waals surface area contributed by atoms with Gasteiger partial charge in [0, 0.05) is 30.6 Å². The van der Waals surface area contributed by atoms with Gasteiger partial charge in [0.05, 0.1) is 31.5 Å². The third-order valence-electron chi connectivity index (χ3n) is 6.07. The summed E-state index contributed by atoms with van der Waals surface area (Å²) >= 11 is 0. The highest BCUT2D eigenvalue weighted by molar-refractivity contribution is 5.77. The van der Waals surface area contributed by atoms with Gasteiger partial charge in [-0.05, 0) is 37.3 Å². The summed E-state index contributed by atoms with van der Waals surface area (Å²) in [4.78, 5) is 14.9. The lowest BCUT2D eigenvalue weighted by molar-refractivity contribution is -0.132. The number of hydrogen-bond acceptors (Lipinski definition) is 4. The third-order valence-corrected chi connectivity index (χ3v) is 6.07.